The van der Waals surface area contributed by atoms with Gasteiger partial charge in [0.05, 0.1) is 6.61 Å². The first-order chi connectivity index (χ1) is 4.31. The molecule has 0 atom stereocenters. The third-order valence-electron chi connectivity index (χ3n) is 0.656. The Morgan fingerprint density at radius 3 is 2.78 bits per heavy atom. The smallest absolute Gasteiger partial charge is 0.259 e. The highest BCUT2D eigenvalue weighted by Gasteiger charge is 1.94. The number of ether oxygens (including phenoxy) is 1. The summed E-state index contributed by atoms with van der Waals surface area (Å²) in [5.74, 6) is 4.40. The van der Waals surface area contributed by atoms with Crippen molar-refractivity contribution < 1.29 is 9.53 Å². The van der Waals surface area contributed by atoms with Gasteiger partial charge in [0.2, 0.25) is 0 Å². The van der Waals surface area contributed by atoms with Crippen LogP contribution < -0.4 is 17.0 Å². The molecular weight excluding hydrogens is 122 g/mol. The van der Waals surface area contributed by atoms with Gasteiger partial charge in [-0.2, -0.15) is 0 Å². The van der Waals surface area contributed by atoms with Gasteiger partial charge in [0.15, 0.2) is 0 Å². The molecule has 1 amide bonds. The van der Waals surface area contributed by atoms with Crippen molar-refractivity contribution >= 4 is 5.91 Å². The van der Waals surface area contributed by atoms with Crippen LogP contribution in [0.2, 0.25) is 0 Å². The molecule has 0 unspecified atom stereocenters. The van der Waals surface area contributed by atoms with E-state index in [2.05, 4.69) is 0 Å². The summed E-state index contributed by atoms with van der Waals surface area (Å²) in [6, 6.07) is 0. The molecule has 0 aliphatic heterocycles. The van der Waals surface area contributed by atoms with Crippen LogP contribution in [0, 0.1) is 0 Å². The first kappa shape index (κ1) is 8.35. The topological polar surface area (TPSA) is 90.4 Å². The zero-order valence-corrected chi connectivity index (χ0v) is 5.09. The summed E-state index contributed by atoms with van der Waals surface area (Å²) in [4.78, 5) is 10.3. The van der Waals surface area contributed by atoms with Crippen molar-refractivity contribution in [2.24, 2.45) is 11.6 Å². The van der Waals surface area contributed by atoms with E-state index in [-0.39, 0.29) is 12.5 Å². The Labute approximate surface area is 53.3 Å². The van der Waals surface area contributed by atoms with Gasteiger partial charge in [0.1, 0.15) is 6.61 Å². The SMILES string of the molecule is NCCOCC(=O)NN. The molecule has 0 fully saturated rings. The third kappa shape index (κ3) is 5.22. The molecule has 9 heavy (non-hydrogen) atoms. The van der Waals surface area contributed by atoms with Crippen molar-refractivity contribution in [1.29, 1.82) is 0 Å². The molecule has 5 heteroatoms. The second kappa shape index (κ2) is 5.49. The van der Waals surface area contributed by atoms with Gasteiger partial charge in [-0.25, -0.2) is 5.84 Å². The second-order valence-corrected chi connectivity index (χ2v) is 1.41. The van der Waals surface area contributed by atoms with Crippen molar-refractivity contribution in [3.05, 3.63) is 0 Å². The molecule has 5 nitrogen and oxygen atoms in total. The number of carbonyl (C=O) groups is 1. The fourth-order valence-corrected chi connectivity index (χ4v) is 0.290. The van der Waals surface area contributed by atoms with Crippen molar-refractivity contribution in [2.75, 3.05) is 19.8 Å². The van der Waals surface area contributed by atoms with E-state index in [1.54, 1.807) is 0 Å². The van der Waals surface area contributed by atoms with Crippen LogP contribution in [0.1, 0.15) is 0 Å². The van der Waals surface area contributed by atoms with Gasteiger partial charge in [0.25, 0.3) is 5.91 Å². The van der Waals surface area contributed by atoms with Crippen LogP contribution in [0.5, 0.6) is 0 Å². The maximum atomic E-state index is 10.3. The summed E-state index contributed by atoms with van der Waals surface area (Å²) in [5, 5.41) is 0. The van der Waals surface area contributed by atoms with Gasteiger partial charge >= 0.3 is 0 Å². The average molecular weight is 133 g/mol. The van der Waals surface area contributed by atoms with E-state index in [4.69, 9.17) is 16.3 Å². The number of hydrogen-bond donors (Lipinski definition) is 3. The lowest BCUT2D eigenvalue weighted by molar-refractivity contribution is -0.125. The highest BCUT2D eigenvalue weighted by Crippen LogP contribution is 1.69. The van der Waals surface area contributed by atoms with E-state index in [1.807, 2.05) is 5.43 Å². The maximum absolute atomic E-state index is 10.3. The molecule has 0 saturated carbocycles. The van der Waals surface area contributed by atoms with Crippen molar-refractivity contribution in [2.45, 2.75) is 0 Å². The molecule has 54 valence electrons. The second-order valence-electron chi connectivity index (χ2n) is 1.41. The van der Waals surface area contributed by atoms with E-state index in [1.165, 1.54) is 0 Å². The molecule has 0 rings (SSSR count). The summed E-state index contributed by atoms with van der Waals surface area (Å²) >= 11 is 0. The molecule has 0 aliphatic carbocycles. The minimum absolute atomic E-state index is 0.0201. The first-order valence-electron chi connectivity index (χ1n) is 2.58. The molecule has 0 radical (unpaired) electrons. The fourth-order valence-electron chi connectivity index (χ4n) is 0.290. The summed E-state index contributed by atoms with van der Waals surface area (Å²) in [6.07, 6.45) is 0. The molecule has 0 bridgehead atoms. The fraction of sp³-hybridized carbons (Fsp3) is 0.750. The Morgan fingerprint density at radius 2 is 2.33 bits per heavy atom. The van der Waals surface area contributed by atoms with Crippen LogP contribution in [-0.4, -0.2) is 25.7 Å². The normalized spacial score (nSPS) is 9.11. The Balaban J connectivity index is 2.97. The zero-order valence-electron chi connectivity index (χ0n) is 5.09. The maximum Gasteiger partial charge on any atom is 0.259 e. The average Bonchev–Trinajstić information content (AvgIpc) is 1.89. The standard InChI is InChI=1S/C4H11N3O2/c5-1-2-9-3-4(8)7-6/h1-3,5-6H2,(H,7,8). The van der Waals surface area contributed by atoms with E-state index < -0.39 is 0 Å². The molecule has 0 aliphatic rings. The van der Waals surface area contributed by atoms with Gasteiger partial charge in [-0.3, -0.25) is 10.2 Å². The minimum Gasteiger partial charge on any atom is -0.370 e. The van der Waals surface area contributed by atoms with Gasteiger partial charge in [-0.1, -0.05) is 0 Å². The van der Waals surface area contributed by atoms with Crippen LogP contribution in [0.4, 0.5) is 0 Å². The van der Waals surface area contributed by atoms with Crippen molar-refractivity contribution in [1.82, 2.24) is 5.43 Å². The lowest BCUT2D eigenvalue weighted by Gasteiger charge is -1.98. The molecule has 0 spiro atoms. The van der Waals surface area contributed by atoms with Gasteiger partial charge < -0.3 is 10.5 Å². The molecular formula is C4H11N3O2. The minimum atomic E-state index is -0.344. The lowest BCUT2D eigenvalue weighted by atomic mass is 10.6. The molecule has 0 aromatic heterocycles. The number of nitrogens with one attached hydrogen (secondary N) is 1. The highest BCUT2D eigenvalue weighted by molar-refractivity contribution is 5.76. The number of nitrogens with two attached hydrogens (primary N) is 2. The van der Waals surface area contributed by atoms with Crippen LogP contribution in [0.25, 0.3) is 0 Å². The number of hydrazine groups is 1. The number of carbonyl (C=O) groups excluding carboxylic acids is 1. The van der Waals surface area contributed by atoms with Gasteiger partial charge in [0, 0.05) is 6.54 Å². The van der Waals surface area contributed by atoms with Crippen LogP contribution in [0.15, 0.2) is 0 Å². The molecule has 0 heterocycles. The Hall–Kier alpha value is -0.650. The number of hydrogen-bond acceptors (Lipinski definition) is 4. The molecule has 0 aromatic rings. The van der Waals surface area contributed by atoms with E-state index >= 15 is 0 Å². The predicted octanol–water partition coefficient (Wildman–Crippen LogP) is -2.05. The lowest BCUT2D eigenvalue weighted by Crippen LogP contribution is -2.33. The van der Waals surface area contributed by atoms with Crippen molar-refractivity contribution in [3.63, 3.8) is 0 Å². The summed E-state index contributed by atoms with van der Waals surface area (Å²) in [5.41, 5.74) is 6.99. The van der Waals surface area contributed by atoms with E-state index in [0.29, 0.717) is 13.2 Å². The number of rotatable bonds is 4. The Kier molecular flexibility index (Phi) is 5.09. The monoisotopic (exact) mass is 133 g/mol. The van der Waals surface area contributed by atoms with Gasteiger partial charge in [-0.05, 0) is 0 Å². The van der Waals surface area contributed by atoms with Crippen LogP contribution >= 0.6 is 0 Å². The summed E-state index contributed by atoms with van der Waals surface area (Å²) < 4.78 is 4.72. The highest BCUT2D eigenvalue weighted by atomic mass is 16.5. The third-order valence-corrected chi connectivity index (χ3v) is 0.656. The quantitative estimate of drug-likeness (QED) is 0.178. The summed E-state index contributed by atoms with van der Waals surface area (Å²) in [7, 11) is 0. The van der Waals surface area contributed by atoms with Gasteiger partial charge in [-0.15, -0.1) is 0 Å². The Bertz CT molecular complexity index is 85.9. The van der Waals surface area contributed by atoms with Crippen LogP contribution in [0.3, 0.4) is 0 Å². The largest absolute Gasteiger partial charge is 0.370 e. The van der Waals surface area contributed by atoms with Crippen LogP contribution in [-0.2, 0) is 9.53 Å². The number of amides is 1. The summed E-state index contributed by atoms with van der Waals surface area (Å²) in [6.45, 7) is 0.777. The zero-order chi connectivity index (χ0) is 7.11. The predicted molar refractivity (Wildman–Crippen MR) is 32.2 cm³/mol. The Morgan fingerprint density at radius 1 is 1.67 bits per heavy atom. The molecule has 0 aromatic carbocycles. The molecule has 5 N–H and O–H groups in total. The molecule has 0 saturated heterocycles. The van der Waals surface area contributed by atoms with Crippen molar-refractivity contribution in [3.8, 4) is 0 Å². The van der Waals surface area contributed by atoms with E-state index in [0.717, 1.165) is 0 Å². The first-order valence-corrected chi connectivity index (χ1v) is 2.58. The van der Waals surface area contributed by atoms with E-state index in [9.17, 15) is 4.79 Å².